The van der Waals surface area contributed by atoms with Crippen LogP contribution in [0.4, 0.5) is 0 Å². The maximum atomic E-state index is 12.2. The third kappa shape index (κ3) is 3.06. The van der Waals surface area contributed by atoms with E-state index >= 15 is 0 Å². The Labute approximate surface area is 152 Å². The van der Waals surface area contributed by atoms with Crippen LogP contribution in [-0.2, 0) is 11.8 Å². The minimum Gasteiger partial charge on any atom is -0.454 e. The molecule has 4 rings (SSSR count). The average Bonchev–Trinajstić information content (AvgIpc) is 3.17. The summed E-state index contributed by atoms with van der Waals surface area (Å²) in [7, 11) is 1.87. The summed E-state index contributed by atoms with van der Waals surface area (Å²) in [6, 6.07) is 11.1. The van der Waals surface area contributed by atoms with Crippen molar-refractivity contribution in [3.63, 3.8) is 0 Å². The SMILES string of the molecule is Cn1c(=NC(=O)/C=C/c2ccccc2Cl)sc2cc3c(cc21)OCO3. The first-order valence-corrected chi connectivity index (χ1v) is 8.72. The lowest BCUT2D eigenvalue weighted by Gasteiger charge is -1.98. The number of aromatic nitrogens is 1. The summed E-state index contributed by atoms with van der Waals surface area (Å²) in [6.45, 7) is 0.235. The zero-order chi connectivity index (χ0) is 17.4. The maximum absolute atomic E-state index is 12.2. The van der Waals surface area contributed by atoms with Gasteiger partial charge in [0.25, 0.3) is 5.91 Å². The van der Waals surface area contributed by atoms with E-state index in [1.165, 1.54) is 17.4 Å². The van der Waals surface area contributed by atoms with E-state index in [1.54, 1.807) is 12.1 Å². The molecule has 0 aliphatic carbocycles. The van der Waals surface area contributed by atoms with Crippen molar-refractivity contribution in [1.29, 1.82) is 0 Å². The predicted octanol–water partition coefficient (Wildman–Crippen LogP) is 3.76. The molecule has 0 N–H and O–H groups in total. The topological polar surface area (TPSA) is 52.8 Å². The fraction of sp³-hybridized carbons (Fsp3) is 0.111. The van der Waals surface area contributed by atoms with Crippen molar-refractivity contribution in [2.75, 3.05) is 6.79 Å². The summed E-state index contributed by atoms with van der Waals surface area (Å²) in [5.74, 6) is 1.07. The van der Waals surface area contributed by atoms with Crippen LogP contribution in [-0.4, -0.2) is 17.3 Å². The number of halogens is 1. The molecule has 2 heterocycles. The zero-order valence-corrected chi connectivity index (χ0v) is 14.8. The third-order valence-electron chi connectivity index (χ3n) is 3.82. The fourth-order valence-electron chi connectivity index (χ4n) is 2.53. The van der Waals surface area contributed by atoms with Crippen LogP contribution in [0.2, 0.25) is 5.02 Å². The van der Waals surface area contributed by atoms with E-state index in [4.69, 9.17) is 21.1 Å². The Hall–Kier alpha value is -2.57. The van der Waals surface area contributed by atoms with Gasteiger partial charge in [-0.25, -0.2) is 0 Å². The second kappa shape index (κ2) is 6.38. The number of aryl methyl sites for hydroxylation is 1. The summed E-state index contributed by atoms with van der Waals surface area (Å²) in [5.41, 5.74) is 1.72. The molecule has 0 atom stereocenters. The number of carbonyl (C=O) groups excluding carboxylic acids is 1. The van der Waals surface area contributed by atoms with E-state index in [2.05, 4.69) is 4.99 Å². The number of nitrogens with zero attached hydrogens (tertiary/aromatic N) is 2. The molecule has 0 bridgehead atoms. The number of fused-ring (bicyclic) bond motifs is 2. The van der Waals surface area contributed by atoms with Crippen molar-refractivity contribution in [2.24, 2.45) is 12.0 Å². The molecule has 5 nitrogen and oxygen atoms in total. The van der Waals surface area contributed by atoms with Gasteiger partial charge < -0.3 is 14.0 Å². The Morgan fingerprint density at radius 3 is 2.84 bits per heavy atom. The molecular weight excluding hydrogens is 360 g/mol. The number of benzene rings is 2. The van der Waals surface area contributed by atoms with E-state index < -0.39 is 0 Å². The van der Waals surface area contributed by atoms with Crippen molar-refractivity contribution in [3.05, 3.63) is 57.9 Å². The van der Waals surface area contributed by atoms with E-state index in [9.17, 15) is 4.79 Å². The van der Waals surface area contributed by atoms with E-state index in [0.29, 0.717) is 21.3 Å². The van der Waals surface area contributed by atoms with Crippen LogP contribution in [0, 0.1) is 0 Å². The second-order valence-electron chi connectivity index (χ2n) is 5.42. The van der Waals surface area contributed by atoms with Crippen LogP contribution < -0.4 is 14.3 Å². The molecule has 1 aliphatic heterocycles. The molecule has 0 saturated heterocycles. The molecule has 0 saturated carbocycles. The first-order chi connectivity index (χ1) is 12.1. The molecule has 0 spiro atoms. The van der Waals surface area contributed by atoms with Gasteiger partial charge in [0.1, 0.15) is 0 Å². The van der Waals surface area contributed by atoms with Crippen LogP contribution in [0.5, 0.6) is 11.5 Å². The van der Waals surface area contributed by atoms with Crippen LogP contribution in [0.15, 0.2) is 47.5 Å². The fourth-order valence-corrected chi connectivity index (χ4v) is 3.76. The first-order valence-electron chi connectivity index (χ1n) is 7.52. The molecule has 0 radical (unpaired) electrons. The minimum atomic E-state index is -0.345. The monoisotopic (exact) mass is 372 g/mol. The van der Waals surface area contributed by atoms with Gasteiger partial charge in [0.05, 0.1) is 10.2 Å². The van der Waals surface area contributed by atoms with Crippen molar-refractivity contribution < 1.29 is 14.3 Å². The third-order valence-corrected chi connectivity index (χ3v) is 5.26. The molecule has 25 heavy (non-hydrogen) atoms. The van der Waals surface area contributed by atoms with Gasteiger partial charge >= 0.3 is 0 Å². The normalized spacial score (nSPS) is 13.9. The second-order valence-corrected chi connectivity index (χ2v) is 6.84. The number of thiazole rings is 1. The molecule has 3 aromatic rings. The highest BCUT2D eigenvalue weighted by atomic mass is 35.5. The van der Waals surface area contributed by atoms with Gasteiger partial charge in [-0.05, 0) is 17.7 Å². The van der Waals surface area contributed by atoms with E-state index in [-0.39, 0.29) is 12.7 Å². The Bertz CT molecular complexity index is 1080. The van der Waals surface area contributed by atoms with Gasteiger partial charge in [0.15, 0.2) is 16.3 Å². The van der Waals surface area contributed by atoms with Crippen molar-refractivity contribution >= 4 is 45.1 Å². The van der Waals surface area contributed by atoms with Crippen LogP contribution >= 0.6 is 22.9 Å². The predicted molar refractivity (Wildman–Crippen MR) is 98.0 cm³/mol. The van der Waals surface area contributed by atoms with Crippen molar-refractivity contribution in [3.8, 4) is 11.5 Å². The summed E-state index contributed by atoms with van der Waals surface area (Å²) >= 11 is 7.50. The molecule has 0 unspecified atom stereocenters. The van der Waals surface area contributed by atoms with Gasteiger partial charge in [0, 0.05) is 30.3 Å². The molecule has 1 aliphatic rings. The van der Waals surface area contributed by atoms with Crippen LogP contribution in [0.1, 0.15) is 5.56 Å². The van der Waals surface area contributed by atoms with Gasteiger partial charge in [0.2, 0.25) is 6.79 Å². The Morgan fingerprint density at radius 1 is 1.28 bits per heavy atom. The van der Waals surface area contributed by atoms with Gasteiger partial charge in [-0.15, -0.1) is 0 Å². The lowest BCUT2D eigenvalue weighted by atomic mass is 10.2. The average molecular weight is 373 g/mol. The first kappa shape index (κ1) is 15.9. The highest BCUT2D eigenvalue weighted by Gasteiger charge is 2.16. The summed E-state index contributed by atoms with van der Waals surface area (Å²) in [4.78, 5) is 17.0. The summed E-state index contributed by atoms with van der Waals surface area (Å²) < 4.78 is 13.6. The minimum absolute atomic E-state index is 0.235. The lowest BCUT2D eigenvalue weighted by Crippen LogP contribution is -2.12. The van der Waals surface area contributed by atoms with Crippen molar-refractivity contribution in [1.82, 2.24) is 4.57 Å². The zero-order valence-electron chi connectivity index (χ0n) is 13.2. The van der Waals surface area contributed by atoms with Crippen LogP contribution in [0.25, 0.3) is 16.3 Å². The maximum Gasteiger partial charge on any atom is 0.272 e. The molecule has 1 aromatic heterocycles. The smallest absolute Gasteiger partial charge is 0.272 e. The molecular formula is C18H13ClN2O3S. The number of amides is 1. The number of rotatable bonds is 2. The number of hydrogen-bond donors (Lipinski definition) is 0. The lowest BCUT2D eigenvalue weighted by molar-refractivity contribution is -0.113. The highest BCUT2D eigenvalue weighted by Crippen LogP contribution is 2.36. The largest absolute Gasteiger partial charge is 0.454 e. The van der Waals surface area contributed by atoms with E-state index in [0.717, 1.165) is 15.8 Å². The molecule has 1 amide bonds. The number of carbonyl (C=O) groups is 1. The number of hydrogen-bond acceptors (Lipinski definition) is 4. The van der Waals surface area contributed by atoms with Gasteiger partial charge in [-0.3, -0.25) is 4.79 Å². The highest BCUT2D eigenvalue weighted by molar-refractivity contribution is 7.16. The van der Waals surface area contributed by atoms with Gasteiger partial charge in [-0.2, -0.15) is 4.99 Å². The number of ether oxygens (including phenoxy) is 2. The standard InChI is InChI=1S/C18H13ClN2O3S/c1-21-13-8-14-15(24-10-23-14)9-16(13)25-18(21)20-17(22)7-6-11-4-2-3-5-12(11)19/h2-9H,10H2,1H3/b7-6+,20-18?. The van der Waals surface area contributed by atoms with Gasteiger partial charge in [-0.1, -0.05) is 41.1 Å². The Morgan fingerprint density at radius 2 is 2.04 bits per heavy atom. The van der Waals surface area contributed by atoms with Crippen LogP contribution in [0.3, 0.4) is 0 Å². The summed E-state index contributed by atoms with van der Waals surface area (Å²) in [6.07, 6.45) is 3.08. The Kier molecular flexibility index (Phi) is 4.07. The molecule has 7 heteroatoms. The quantitative estimate of drug-likeness (QED) is 0.643. The van der Waals surface area contributed by atoms with E-state index in [1.807, 2.05) is 41.9 Å². The summed E-state index contributed by atoms with van der Waals surface area (Å²) in [5, 5.41) is 0.591. The molecule has 2 aromatic carbocycles. The van der Waals surface area contributed by atoms with Crippen molar-refractivity contribution in [2.45, 2.75) is 0 Å². The molecule has 126 valence electrons. The Balaban J connectivity index is 1.68. The molecule has 0 fully saturated rings.